The second-order valence-corrected chi connectivity index (χ2v) is 9.20. The molecule has 1 atom stereocenters. The van der Waals surface area contributed by atoms with Gasteiger partial charge >= 0.3 is 0 Å². The molecule has 0 aliphatic carbocycles. The zero-order chi connectivity index (χ0) is 22.3. The lowest BCUT2D eigenvalue weighted by Gasteiger charge is -2.27. The number of amides is 3. The van der Waals surface area contributed by atoms with E-state index in [1.165, 1.54) is 11.3 Å². The Morgan fingerprint density at radius 2 is 1.55 bits per heavy atom. The van der Waals surface area contributed by atoms with Crippen LogP contribution in [-0.2, 0) is 4.79 Å². The number of aromatic nitrogens is 1. The lowest BCUT2D eigenvalue weighted by Crippen LogP contribution is -2.50. The first-order valence-corrected chi connectivity index (χ1v) is 10.9. The number of rotatable bonds is 5. The van der Waals surface area contributed by atoms with E-state index in [-0.39, 0.29) is 5.92 Å². The van der Waals surface area contributed by atoms with Crippen LogP contribution in [0.25, 0.3) is 11.3 Å². The van der Waals surface area contributed by atoms with Crippen molar-refractivity contribution in [1.82, 2.24) is 9.88 Å². The number of nitrogens with one attached hydrogen (secondary N) is 1. The molecule has 4 rings (SSSR count). The predicted molar refractivity (Wildman–Crippen MR) is 121 cm³/mol. The van der Waals surface area contributed by atoms with E-state index in [1.54, 1.807) is 24.3 Å². The minimum Gasteiger partial charge on any atom is -0.300 e. The van der Waals surface area contributed by atoms with Gasteiger partial charge in [0.25, 0.3) is 11.8 Å². The third kappa shape index (κ3) is 3.77. The Kier molecular flexibility index (Phi) is 5.45. The van der Waals surface area contributed by atoms with Crippen LogP contribution < -0.4 is 5.32 Å². The number of hydrogen-bond acceptors (Lipinski definition) is 5. The molecule has 0 radical (unpaired) electrons. The Hall–Kier alpha value is -3.32. The molecule has 1 N–H and O–H groups in total. The number of anilines is 1. The molecule has 2 heterocycles. The highest BCUT2D eigenvalue weighted by Crippen LogP contribution is 2.32. The molecule has 0 fully saturated rings. The highest BCUT2D eigenvalue weighted by molar-refractivity contribution is 7.16. The molecular formula is C24H23N3O3S. The van der Waals surface area contributed by atoms with Crippen LogP contribution in [0.15, 0.2) is 48.5 Å². The van der Waals surface area contributed by atoms with Gasteiger partial charge in [-0.2, -0.15) is 0 Å². The van der Waals surface area contributed by atoms with Crippen LogP contribution in [-0.4, -0.2) is 33.6 Å². The van der Waals surface area contributed by atoms with Crippen molar-refractivity contribution >= 4 is 34.2 Å². The molecule has 1 aromatic heterocycles. The first-order valence-electron chi connectivity index (χ1n) is 10.1. The third-order valence-corrected chi connectivity index (χ3v) is 6.24. The molecule has 7 heteroatoms. The van der Waals surface area contributed by atoms with Crippen molar-refractivity contribution in [2.24, 2.45) is 5.92 Å². The smallest absolute Gasteiger partial charge is 0.262 e. The average molecular weight is 434 g/mol. The topological polar surface area (TPSA) is 79.4 Å². The van der Waals surface area contributed by atoms with E-state index in [9.17, 15) is 14.4 Å². The van der Waals surface area contributed by atoms with Crippen molar-refractivity contribution < 1.29 is 14.4 Å². The van der Waals surface area contributed by atoms with Gasteiger partial charge in [0.2, 0.25) is 5.91 Å². The Labute approximate surface area is 184 Å². The van der Waals surface area contributed by atoms with Crippen molar-refractivity contribution in [2.75, 3.05) is 5.32 Å². The molecule has 6 nitrogen and oxygen atoms in total. The summed E-state index contributed by atoms with van der Waals surface area (Å²) >= 11 is 1.37. The number of nitrogens with zero attached hydrogens (tertiary/aromatic N) is 2. The molecule has 3 aromatic rings. The van der Waals surface area contributed by atoms with Gasteiger partial charge in [0.15, 0.2) is 5.13 Å². The number of benzene rings is 2. The van der Waals surface area contributed by atoms with Gasteiger partial charge in [-0.15, -0.1) is 11.3 Å². The summed E-state index contributed by atoms with van der Waals surface area (Å²) in [6, 6.07) is 13.8. The number of carbonyl (C=O) groups is 3. The monoisotopic (exact) mass is 433 g/mol. The fourth-order valence-corrected chi connectivity index (χ4v) is 4.63. The van der Waals surface area contributed by atoms with Gasteiger partial charge in [-0.1, -0.05) is 55.8 Å². The van der Waals surface area contributed by atoms with Crippen molar-refractivity contribution in [3.05, 3.63) is 70.1 Å². The van der Waals surface area contributed by atoms with Crippen LogP contribution in [0.2, 0.25) is 0 Å². The van der Waals surface area contributed by atoms with Crippen LogP contribution in [0.1, 0.15) is 45.0 Å². The first-order chi connectivity index (χ1) is 14.8. The summed E-state index contributed by atoms with van der Waals surface area (Å²) in [6.07, 6.45) is 0. The minimum absolute atomic E-state index is 0.264. The fraction of sp³-hybridized carbons (Fsp3) is 0.250. The van der Waals surface area contributed by atoms with E-state index in [0.29, 0.717) is 16.3 Å². The quantitative estimate of drug-likeness (QED) is 0.592. The number of imide groups is 1. The summed E-state index contributed by atoms with van der Waals surface area (Å²) in [5, 5.41) is 3.28. The van der Waals surface area contributed by atoms with Crippen LogP contribution in [0.4, 0.5) is 5.13 Å². The molecule has 1 aliphatic heterocycles. The molecule has 0 bridgehead atoms. The molecule has 31 heavy (non-hydrogen) atoms. The fourth-order valence-electron chi connectivity index (χ4n) is 3.79. The maximum absolute atomic E-state index is 13.2. The number of fused-ring (bicyclic) bond motifs is 1. The maximum atomic E-state index is 13.2. The number of thiazole rings is 1. The number of aryl methyl sites for hydroxylation is 2. The van der Waals surface area contributed by atoms with Gasteiger partial charge in [0.1, 0.15) is 6.04 Å². The van der Waals surface area contributed by atoms with Crippen LogP contribution >= 0.6 is 11.3 Å². The van der Waals surface area contributed by atoms with Gasteiger partial charge in [-0.25, -0.2) is 4.98 Å². The highest BCUT2D eigenvalue weighted by Gasteiger charge is 2.44. The molecule has 2 aromatic carbocycles. The summed E-state index contributed by atoms with van der Waals surface area (Å²) in [7, 11) is 0. The summed E-state index contributed by atoms with van der Waals surface area (Å²) < 4.78 is 0. The highest BCUT2D eigenvalue weighted by atomic mass is 32.1. The van der Waals surface area contributed by atoms with Crippen LogP contribution in [0.5, 0.6) is 0 Å². The van der Waals surface area contributed by atoms with Gasteiger partial charge in [-0.05, 0) is 31.9 Å². The van der Waals surface area contributed by atoms with E-state index < -0.39 is 23.8 Å². The largest absolute Gasteiger partial charge is 0.300 e. The Balaban J connectivity index is 1.60. The van der Waals surface area contributed by atoms with Crippen LogP contribution in [0.3, 0.4) is 0 Å². The Morgan fingerprint density at radius 3 is 2.10 bits per heavy atom. The zero-order valence-electron chi connectivity index (χ0n) is 17.8. The molecule has 158 valence electrons. The summed E-state index contributed by atoms with van der Waals surface area (Å²) in [4.78, 5) is 45.6. The molecule has 0 saturated heterocycles. The van der Waals surface area contributed by atoms with Gasteiger partial charge in [0, 0.05) is 10.4 Å². The lowest BCUT2D eigenvalue weighted by atomic mass is 10.0. The minimum atomic E-state index is -0.931. The van der Waals surface area contributed by atoms with E-state index in [1.807, 2.05) is 52.0 Å². The Morgan fingerprint density at radius 1 is 0.968 bits per heavy atom. The van der Waals surface area contributed by atoms with E-state index >= 15 is 0 Å². The second kappa shape index (κ2) is 8.07. The van der Waals surface area contributed by atoms with Crippen molar-refractivity contribution in [1.29, 1.82) is 0 Å². The summed E-state index contributed by atoms with van der Waals surface area (Å²) in [5.41, 5.74) is 3.60. The molecule has 0 spiro atoms. The summed E-state index contributed by atoms with van der Waals surface area (Å²) in [6.45, 7) is 7.61. The van der Waals surface area contributed by atoms with Crippen LogP contribution in [0, 0.1) is 19.8 Å². The first kappa shape index (κ1) is 20.9. The van der Waals surface area contributed by atoms with Crippen molar-refractivity contribution in [3.8, 4) is 11.3 Å². The molecule has 3 amide bonds. The molecular weight excluding hydrogens is 410 g/mol. The SMILES string of the molecule is Cc1ccc(-c2nc(NC(=O)[C@@H](C(C)C)N3C(=O)c4ccccc4C3=O)sc2C)cc1. The Bertz CT molecular complexity index is 1150. The van der Waals surface area contributed by atoms with Crippen molar-refractivity contribution in [2.45, 2.75) is 33.7 Å². The van der Waals surface area contributed by atoms with E-state index in [2.05, 4.69) is 10.3 Å². The van der Waals surface area contributed by atoms with Crippen molar-refractivity contribution in [3.63, 3.8) is 0 Å². The lowest BCUT2D eigenvalue weighted by molar-refractivity contribution is -0.121. The summed E-state index contributed by atoms with van der Waals surface area (Å²) in [5.74, 6) is -1.57. The van der Waals surface area contributed by atoms with Gasteiger partial charge in [-0.3, -0.25) is 19.3 Å². The van der Waals surface area contributed by atoms with E-state index in [0.717, 1.165) is 26.6 Å². The number of carbonyl (C=O) groups excluding carboxylic acids is 3. The zero-order valence-corrected chi connectivity index (χ0v) is 18.6. The normalized spacial score (nSPS) is 14.2. The van der Waals surface area contributed by atoms with Gasteiger partial charge < -0.3 is 5.32 Å². The molecule has 1 aliphatic rings. The third-order valence-electron chi connectivity index (χ3n) is 5.36. The molecule has 0 unspecified atom stereocenters. The number of hydrogen-bond donors (Lipinski definition) is 1. The second-order valence-electron chi connectivity index (χ2n) is 7.99. The maximum Gasteiger partial charge on any atom is 0.262 e. The molecule has 0 saturated carbocycles. The predicted octanol–water partition coefficient (Wildman–Crippen LogP) is 4.69. The standard InChI is InChI=1S/C24H23N3O3S/c1-13(2)20(27-22(29)17-7-5-6-8-18(17)23(27)30)21(28)26-24-25-19(15(4)31-24)16-11-9-14(3)10-12-16/h5-13,20H,1-4H3,(H,25,26,28)/t20-/m1/s1. The van der Waals surface area contributed by atoms with Gasteiger partial charge in [0.05, 0.1) is 16.8 Å². The van der Waals surface area contributed by atoms with E-state index in [4.69, 9.17) is 0 Å². The average Bonchev–Trinajstić information content (AvgIpc) is 3.21.